The van der Waals surface area contributed by atoms with Gasteiger partial charge in [0.25, 0.3) is 0 Å². The first-order valence-corrected chi connectivity index (χ1v) is 8.52. The Labute approximate surface area is 142 Å². The van der Waals surface area contributed by atoms with Crippen molar-refractivity contribution in [1.29, 1.82) is 0 Å². The van der Waals surface area contributed by atoms with Gasteiger partial charge in [-0.05, 0) is 17.5 Å². The molecule has 1 N–H and O–H groups in total. The number of rotatable bonds is 5. The quantitative estimate of drug-likeness (QED) is 0.910. The topological polar surface area (TPSA) is 54.2 Å². The molecule has 0 bridgehead atoms. The van der Waals surface area contributed by atoms with Crippen LogP contribution in [0.2, 0.25) is 5.02 Å². The van der Waals surface area contributed by atoms with Crippen molar-refractivity contribution in [2.45, 2.75) is 32.9 Å². The van der Waals surface area contributed by atoms with Gasteiger partial charge in [-0.25, -0.2) is 0 Å². The van der Waals surface area contributed by atoms with Gasteiger partial charge < -0.3 is 9.84 Å². The van der Waals surface area contributed by atoms with Crippen molar-refractivity contribution in [1.82, 2.24) is 20.4 Å². The molecule has 0 aliphatic carbocycles. The largest absolute Gasteiger partial charge is 0.338 e. The van der Waals surface area contributed by atoms with E-state index in [4.69, 9.17) is 16.1 Å². The molecular weight excluding hydrogens is 312 g/mol. The Morgan fingerprint density at radius 2 is 2.22 bits per heavy atom. The van der Waals surface area contributed by atoms with Crippen molar-refractivity contribution in [3.8, 4) is 0 Å². The minimum absolute atomic E-state index is 0.220. The molecule has 1 aliphatic heterocycles. The van der Waals surface area contributed by atoms with Gasteiger partial charge in [0, 0.05) is 37.1 Å². The van der Waals surface area contributed by atoms with Crippen LogP contribution < -0.4 is 5.32 Å². The molecule has 0 radical (unpaired) electrons. The lowest BCUT2D eigenvalue weighted by molar-refractivity contribution is 0.135. The summed E-state index contributed by atoms with van der Waals surface area (Å²) in [7, 11) is 0. The molecule has 6 heteroatoms. The van der Waals surface area contributed by atoms with Crippen LogP contribution in [-0.2, 0) is 13.0 Å². The van der Waals surface area contributed by atoms with E-state index < -0.39 is 0 Å². The van der Waals surface area contributed by atoms with Gasteiger partial charge in [-0.2, -0.15) is 4.98 Å². The van der Waals surface area contributed by atoms with Crippen LogP contribution in [0.25, 0.3) is 0 Å². The van der Waals surface area contributed by atoms with Crippen LogP contribution in [0.4, 0.5) is 0 Å². The monoisotopic (exact) mass is 334 g/mol. The lowest BCUT2D eigenvalue weighted by Crippen LogP contribution is -2.45. The third-order valence-electron chi connectivity index (χ3n) is 4.06. The van der Waals surface area contributed by atoms with E-state index in [-0.39, 0.29) is 6.04 Å². The minimum atomic E-state index is 0.220. The van der Waals surface area contributed by atoms with Gasteiger partial charge in [0.1, 0.15) is 0 Å². The van der Waals surface area contributed by atoms with Crippen molar-refractivity contribution in [2.24, 2.45) is 5.92 Å². The van der Waals surface area contributed by atoms with E-state index in [0.717, 1.165) is 42.5 Å². The lowest BCUT2D eigenvalue weighted by atomic mass is 10.0. The van der Waals surface area contributed by atoms with Gasteiger partial charge in [-0.1, -0.05) is 48.8 Å². The van der Waals surface area contributed by atoms with Gasteiger partial charge in [-0.15, -0.1) is 0 Å². The van der Waals surface area contributed by atoms with Gasteiger partial charge >= 0.3 is 0 Å². The van der Waals surface area contributed by atoms with Crippen molar-refractivity contribution >= 4 is 11.6 Å². The summed E-state index contributed by atoms with van der Waals surface area (Å²) in [6.07, 6.45) is 0.846. The maximum Gasteiger partial charge on any atom is 0.240 e. The van der Waals surface area contributed by atoms with E-state index in [1.54, 1.807) is 0 Å². The minimum Gasteiger partial charge on any atom is -0.338 e. The zero-order valence-corrected chi connectivity index (χ0v) is 14.4. The Morgan fingerprint density at radius 1 is 1.39 bits per heavy atom. The fourth-order valence-corrected chi connectivity index (χ4v) is 3.23. The van der Waals surface area contributed by atoms with Gasteiger partial charge in [-0.3, -0.25) is 4.90 Å². The molecule has 0 spiro atoms. The number of aromatic nitrogens is 2. The summed E-state index contributed by atoms with van der Waals surface area (Å²) in [5, 5.41) is 8.33. The summed E-state index contributed by atoms with van der Waals surface area (Å²) >= 11 is 6.38. The van der Waals surface area contributed by atoms with Gasteiger partial charge in [0.05, 0.1) is 6.54 Å². The van der Waals surface area contributed by atoms with E-state index in [2.05, 4.69) is 40.3 Å². The molecule has 1 aromatic heterocycles. The van der Waals surface area contributed by atoms with E-state index in [0.29, 0.717) is 18.4 Å². The first-order valence-electron chi connectivity index (χ1n) is 8.14. The molecule has 2 aromatic rings. The summed E-state index contributed by atoms with van der Waals surface area (Å²) in [6.45, 7) is 7.71. The third-order valence-corrected chi connectivity index (χ3v) is 4.40. The van der Waals surface area contributed by atoms with Crippen molar-refractivity contribution in [2.75, 3.05) is 19.6 Å². The van der Waals surface area contributed by atoms with E-state index in [1.165, 1.54) is 0 Å². The third kappa shape index (κ3) is 4.10. The highest BCUT2D eigenvalue weighted by Gasteiger charge is 2.27. The molecule has 1 atom stereocenters. The summed E-state index contributed by atoms with van der Waals surface area (Å²) in [6, 6.07) is 8.24. The highest BCUT2D eigenvalue weighted by molar-refractivity contribution is 6.31. The molecule has 5 nitrogen and oxygen atoms in total. The van der Waals surface area contributed by atoms with Crippen LogP contribution in [-0.4, -0.2) is 34.7 Å². The first-order chi connectivity index (χ1) is 11.1. The zero-order valence-electron chi connectivity index (χ0n) is 13.6. The number of nitrogens with zero attached hydrogens (tertiary/aromatic N) is 3. The molecule has 23 heavy (non-hydrogen) atoms. The summed E-state index contributed by atoms with van der Waals surface area (Å²) < 4.78 is 5.43. The molecule has 1 saturated heterocycles. The standard InChI is InChI=1S/C17H23ClN4O/c1-12(2)9-16-20-17(23-21-16)11-22-8-7-19-10-15(22)13-5-3-4-6-14(13)18/h3-6,12,15,19H,7-11H2,1-2H3. The molecule has 0 amide bonds. The van der Waals surface area contributed by atoms with Crippen LogP contribution >= 0.6 is 11.6 Å². The second-order valence-electron chi connectivity index (χ2n) is 6.41. The number of piperazine rings is 1. The maximum atomic E-state index is 6.38. The second-order valence-corrected chi connectivity index (χ2v) is 6.82. The van der Waals surface area contributed by atoms with Crippen LogP contribution in [0, 0.1) is 5.92 Å². The molecule has 1 fully saturated rings. The predicted molar refractivity (Wildman–Crippen MR) is 90.3 cm³/mol. The molecule has 1 unspecified atom stereocenters. The highest BCUT2D eigenvalue weighted by atomic mass is 35.5. The fourth-order valence-electron chi connectivity index (χ4n) is 2.96. The summed E-state index contributed by atoms with van der Waals surface area (Å²) in [4.78, 5) is 6.87. The maximum absolute atomic E-state index is 6.38. The van der Waals surface area contributed by atoms with E-state index >= 15 is 0 Å². The van der Waals surface area contributed by atoms with Crippen LogP contribution in [0.5, 0.6) is 0 Å². The van der Waals surface area contributed by atoms with Crippen molar-refractivity contribution in [3.05, 3.63) is 46.6 Å². The van der Waals surface area contributed by atoms with Crippen LogP contribution in [0.1, 0.15) is 37.2 Å². The lowest BCUT2D eigenvalue weighted by Gasteiger charge is -2.35. The SMILES string of the molecule is CC(C)Cc1noc(CN2CCNCC2c2ccccc2Cl)n1. The molecule has 1 aromatic carbocycles. The van der Waals surface area contributed by atoms with E-state index in [9.17, 15) is 0 Å². The Kier molecular flexibility index (Phi) is 5.30. The van der Waals surface area contributed by atoms with Crippen LogP contribution in [0.3, 0.4) is 0 Å². The molecule has 0 saturated carbocycles. The number of nitrogens with one attached hydrogen (secondary N) is 1. The normalized spacial score (nSPS) is 19.4. The Hall–Kier alpha value is -1.43. The second kappa shape index (κ2) is 7.43. The number of halogens is 1. The molecule has 1 aliphatic rings. The highest BCUT2D eigenvalue weighted by Crippen LogP contribution is 2.29. The summed E-state index contributed by atoms with van der Waals surface area (Å²) in [5.41, 5.74) is 1.14. The van der Waals surface area contributed by atoms with Crippen molar-refractivity contribution in [3.63, 3.8) is 0 Å². The Morgan fingerprint density at radius 3 is 3.00 bits per heavy atom. The molecule has 2 heterocycles. The van der Waals surface area contributed by atoms with Gasteiger partial charge in [0.2, 0.25) is 5.89 Å². The average molecular weight is 335 g/mol. The van der Waals surface area contributed by atoms with Crippen molar-refractivity contribution < 1.29 is 4.52 Å². The van der Waals surface area contributed by atoms with E-state index in [1.807, 2.05) is 18.2 Å². The van der Waals surface area contributed by atoms with Crippen LogP contribution in [0.15, 0.2) is 28.8 Å². The first kappa shape index (κ1) is 16.4. The average Bonchev–Trinajstić information content (AvgIpc) is 2.95. The molecule has 3 rings (SSSR count). The van der Waals surface area contributed by atoms with Gasteiger partial charge in [0.15, 0.2) is 5.82 Å². The Balaban J connectivity index is 1.74. The Bertz CT molecular complexity index is 643. The predicted octanol–water partition coefficient (Wildman–Crippen LogP) is 3.07. The fraction of sp³-hybridized carbons (Fsp3) is 0.529. The summed E-state index contributed by atoms with van der Waals surface area (Å²) in [5.74, 6) is 1.99. The zero-order chi connectivity index (χ0) is 16.2. The number of hydrogen-bond donors (Lipinski definition) is 1. The number of hydrogen-bond acceptors (Lipinski definition) is 5. The molecule has 124 valence electrons. The molecular formula is C17H23ClN4O. The number of benzene rings is 1. The smallest absolute Gasteiger partial charge is 0.240 e.